The van der Waals surface area contributed by atoms with Crippen LogP contribution in [0.3, 0.4) is 0 Å². The molecule has 81 valence electrons. The van der Waals surface area contributed by atoms with Gasteiger partial charge in [-0.05, 0) is 0 Å². The molecule has 0 aliphatic rings. The molecule has 0 saturated heterocycles. The van der Waals surface area contributed by atoms with Crippen molar-refractivity contribution in [2.24, 2.45) is 0 Å². The Bertz CT molecular complexity index is 502. The average molecular weight is 337 g/mol. The fraction of sp³-hybridized carbons (Fsp3) is 0. The predicted molar refractivity (Wildman–Crippen MR) is 66.6 cm³/mol. The van der Waals surface area contributed by atoms with Gasteiger partial charge < -0.3 is 0 Å². The van der Waals surface area contributed by atoms with Gasteiger partial charge in [-0.25, -0.2) is 0 Å². The van der Waals surface area contributed by atoms with Gasteiger partial charge in [0.15, 0.2) is 0 Å². The summed E-state index contributed by atoms with van der Waals surface area (Å²) in [5.74, 6) is 0. The van der Waals surface area contributed by atoms with Crippen LogP contribution in [0, 0.1) is 0 Å². The summed E-state index contributed by atoms with van der Waals surface area (Å²) in [6.07, 6.45) is 0. The summed E-state index contributed by atoms with van der Waals surface area (Å²) < 4.78 is 23.3. The van der Waals surface area contributed by atoms with Gasteiger partial charge in [0, 0.05) is 0 Å². The molecule has 2 rings (SSSR count). The van der Waals surface area contributed by atoms with Crippen molar-refractivity contribution in [2.45, 2.75) is 0 Å². The fourth-order valence-electron chi connectivity index (χ4n) is 1.49. The molecular formula is C12H11As2O2. The van der Waals surface area contributed by atoms with Gasteiger partial charge in [0.1, 0.15) is 0 Å². The minimum atomic E-state index is -2.91. The Labute approximate surface area is 101 Å². The first kappa shape index (κ1) is 11.8. The molecule has 2 aromatic carbocycles. The normalized spacial score (nSPS) is 10.9. The monoisotopic (exact) mass is 337 g/mol. The van der Waals surface area contributed by atoms with E-state index in [9.17, 15) is 7.84 Å². The molecule has 0 fully saturated rings. The summed E-state index contributed by atoms with van der Waals surface area (Å²) in [6, 6.07) is 19.4. The SMILES string of the molecule is O=[As](O)=[As](c1ccccc1)c1ccccc1. The second-order valence-corrected chi connectivity index (χ2v) is 15.9. The van der Waals surface area contributed by atoms with E-state index < -0.39 is 24.4 Å². The molecule has 16 heavy (non-hydrogen) atoms. The molecule has 0 bridgehead atoms. The molecule has 2 nitrogen and oxygen atoms in total. The topological polar surface area (TPSA) is 37.3 Å². The van der Waals surface area contributed by atoms with Gasteiger partial charge in [0.25, 0.3) is 0 Å². The van der Waals surface area contributed by atoms with Gasteiger partial charge >= 0.3 is 102 Å². The Balaban J connectivity index is 2.59. The van der Waals surface area contributed by atoms with Gasteiger partial charge in [0.05, 0.1) is 0 Å². The molecule has 2 aromatic rings. The third kappa shape index (κ3) is 2.71. The van der Waals surface area contributed by atoms with Crippen LogP contribution in [0.25, 0.3) is 0 Å². The maximum atomic E-state index is 11.6. The standard InChI is InChI=1S/C12H11As2O2/c15-14(16)13(11-7-3-1-4-8-11)12-9-5-2-6-10-12/h1-10H,(H,15,16). The van der Waals surface area contributed by atoms with E-state index in [1.54, 1.807) is 0 Å². The van der Waals surface area contributed by atoms with E-state index in [2.05, 4.69) is 0 Å². The molecule has 1 N–H and O–H groups in total. The maximum absolute atomic E-state index is 11.6. The van der Waals surface area contributed by atoms with Crippen LogP contribution >= 0.6 is 0 Å². The van der Waals surface area contributed by atoms with Gasteiger partial charge in [-0.1, -0.05) is 0 Å². The molecular weight excluding hydrogens is 326 g/mol. The summed E-state index contributed by atoms with van der Waals surface area (Å²) in [7, 11) is 0. The first-order chi connectivity index (χ1) is 7.79. The first-order valence-corrected chi connectivity index (χ1v) is 13.5. The van der Waals surface area contributed by atoms with Crippen molar-refractivity contribution in [3.63, 3.8) is 0 Å². The van der Waals surface area contributed by atoms with E-state index in [-0.39, 0.29) is 0 Å². The zero-order valence-electron chi connectivity index (χ0n) is 8.52. The molecule has 1 atom stereocenters. The van der Waals surface area contributed by atoms with Crippen LogP contribution in [0.4, 0.5) is 0 Å². The second-order valence-electron chi connectivity index (χ2n) is 3.24. The van der Waals surface area contributed by atoms with Crippen molar-refractivity contribution in [1.29, 1.82) is 0 Å². The van der Waals surface area contributed by atoms with E-state index in [4.69, 9.17) is 0 Å². The third-order valence-corrected chi connectivity index (χ3v) is 15.0. The van der Waals surface area contributed by atoms with E-state index in [1.807, 2.05) is 60.7 Å². The average Bonchev–Trinajstić information content (AvgIpc) is 2.31. The van der Waals surface area contributed by atoms with E-state index in [1.165, 1.54) is 0 Å². The van der Waals surface area contributed by atoms with Crippen LogP contribution in [-0.2, 0) is 3.74 Å². The Morgan fingerprint density at radius 1 is 0.750 bits per heavy atom. The first-order valence-electron chi connectivity index (χ1n) is 4.85. The van der Waals surface area contributed by atoms with Crippen LogP contribution in [0.1, 0.15) is 0 Å². The number of rotatable bonds is 2. The Hall–Kier alpha value is -0.683. The van der Waals surface area contributed by atoms with E-state index in [0.717, 1.165) is 8.70 Å². The van der Waals surface area contributed by atoms with Crippen LogP contribution < -0.4 is 8.70 Å². The zero-order valence-corrected chi connectivity index (χ0v) is 12.3. The molecule has 0 spiro atoms. The zero-order chi connectivity index (χ0) is 11.4. The molecule has 0 amide bonds. The van der Waals surface area contributed by atoms with Crippen LogP contribution in [0.2, 0.25) is 0 Å². The molecule has 0 aromatic heterocycles. The molecule has 0 aliphatic heterocycles. The van der Waals surface area contributed by atoms with Crippen molar-refractivity contribution in [3.05, 3.63) is 60.7 Å². The third-order valence-electron chi connectivity index (χ3n) is 2.17. The molecule has 0 heterocycles. The Morgan fingerprint density at radius 3 is 1.44 bits per heavy atom. The minimum absolute atomic E-state index is 1.05. The van der Waals surface area contributed by atoms with Crippen molar-refractivity contribution in [1.82, 2.24) is 0 Å². The van der Waals surface area contributed by atoms with Crippen LogP contribution in [0.15, 0.2) is 60.7 Å². The number of benzene rings is 2. The number of hydrogen-bond acceptors (Lipinski definition) is 1. The molecule has 0 saturated carbocycles. The van der Waals surface area contributed by atoms with Gasteiger partial charge in [-0.3, -0.25) is 0 Å². The van der Waals surface area contributed by atoms with Crippen molar-refractivity contribution < 1.29 is 7.84 Å². The Morgan fingerprint density at radius 2 is 1.12 bits per heavy atom. The van der Waals surface area contributed by atoms with Gasteiger partial charge in [0.2, 0.25) is 0 Å². The van der Waals surface area contributed by atoms with Crippen LogP contribution in [-0.4, -0.2) is 28.5 Å². The van der Waals surface area contributed by atoms with Crippen molar-refractivity contribution in [2.75, 3.05) is 0 Å². The molecule has 1 unspecified atom stereocenters. The summed E-state index contributed by atoms with van der Waals surface area (Å²) in [6.45, 7) is 0. The van der Waals surface area contributed by atoms with Crippen LogP contribution in [0.5, 0.6) is 0 Å². The van der Waals surface area contributed by atoms with Crippen molar-refractivity contribution >= 4 is 33.1 Å². The summed E-state index contributed by atoms with van der Waals surface area (Å²) >= 11 is -4.86. The quantitative estimate of drug-likeness (QED) is 0.800. The summed E-state index contributed by atoms with van der Waals surface area (Å²) in [4.78, 5) is 0. The second kappa shape index (κ2) is 5.59. The molecule has 4 heteroatoms. The Kier molecular flexibility index (Phi) is 4.12. The van der Waals surface area contributed by atoms with E-state index in [0.29, 0.717) is 0 Å². The van der Waals surface area contributed by atoms with E-state index >= 15 is 0 Å². The summed E-state index contributed by atoms with van der Waals surface area (Å²) in [5.41, 5.74) is 0. The van der Waals surface area contributed by atoms with Crippen molar-refractivity contribution in [3.8, 4) is 0 Å². The molecule has 0 aliphatic carbocycles. The van der Waals surface area contributed by atoms with Gasteiger partial charge in [-0.15, -0.1) is 0 Å². The fourth-order valence-corrected chi connectivity index (χ4v) is 12.1. The molecule has 1 radical (unpaired) electrons. The summed E-state index contributed by atoms with van der Waals surface area (Å²) in [5, 5.41) is 0. The van der Waals surface area contributed by atoms with Gasteiger partial charge in [-0.2, -0.15) is 0 Å². The predicted octanol–water partition coefficient (Wildman–Crippen LogP) is 0.285. The number of hydrogen-bond donors (Lipinski definition) is 1.